The molecule has 8 nitrogen and oxygen atoms in total. The van der Waals surface area contributed by atoms with Gasteiger partial charge in [-0.3, -0.25) is 4.79 Å². The van der Waals surface area contributed by atoms with E-state index in [2.05, 4.69) is 11.5 Å². The second kappa shape index (κ2) is 25.5. The molecule has 0 saturated carbocycles. The van der Waals surface area contributed by atoms with E-state index in [1.165, 1.54) is 89.9 Å². The first kappa shape index (κ1) is 43.9. The van der Waals surface area contributed by atoms with E-state index in [9.17, 15) is 4.79 Å². The van der Waals surface area contributed by atoms with E-state index < -0.39 is 0 Å². The van der Waals surface area contributed by atoms with Gasteiger partial charge in [0.2, 0.25) is 11.2 Å². The van der Waals surface area contributed by atoms with Crippen molar-refractivity contribution in [3.8, 4) is 45.8 Å². The Kier molecular flexibility index (Phi) is 21.1. The summed E-state index contributed by atoms with van der Waals surface area (Å²) < 4.78 is 38.9. The number of pyridine rings is 1. The topological polar surface area (TPSA) is 77.4 Å². The molecule has 1 aromatic heterocycles. The maximum Gasteiger partial charge on any atom is 0.235 e. The highest BCUT2D eigenvalue weighted by Gasteiger charge is 2.26. The number of fused-ring (bicyclic) bond motifs is 1. The van der Waals surface area contributed by atoms with Crippen molar-refractivity contribution in [3.05, 3.63) is 34.5 Å². The van der Waals surface area contributed by atoms with Crippen LogP contribution < -0.4 is 33.8 Å². The smallest absolute Gasteiger partial charge is 0.235 e. The molecule has 0 fully saturated rings. The number of benzene rings is 2. The molecule has 298 valence electrons. The molecule has 0 atom stereocenters. The highest BCUT2D eigenvalue weighted by atomic mass is 16.5. The molecule has 0 spiro atoms. The lowest BCUT2D eigenvalue weighted by Gasteiger charge is -2.24. The van der Waals surface area contributed by atoms with Gasteiger partial charge in [-0.15, -0.1) is 0 Å². The molecule has 0 amide bonds. The Morgan fingerprint density at radius 3 is 1.36 bits per heavy atom. The lowest BCUT2D eigenvalue weighted by molar-refractivity contribution is 0.261. The molecule has 53 heavy (non-hydrogen) atoms. The Hall–Kier alpha value is -3.55. The standard InChI is InChI=1S/C45H71NO7/c1-8-15-16-17-18-19-20-21-22-23-24-25-26-27-28-29-30-46-37-33-36(48-9-2)34-38(49-10-3)41(37)43(47)45(53-14-7)42(46)35-31-39(50-11-4)44(52-13-6)40(32-35)51-12-5/h31-34H,8-30H2,1-7H3. The van der Waals surface area contributed by atoms with Crippen LogP contribution in [-0.2, 0) is 6.54 Å². The number of hydrogen-bond donors (Lipinski definition) is 0. The molecular weight excluding hydrogens is 666 g/mol. The van der Waals surface area contributed by atoms with Gasteiger partial charge in [0.05, 0.1) is 56.2 Å². The number of hydrogen-bond acceptors (Lipinski definition) is 7. The van der Waals surface area contributed by atoms with Gasteiger partial charge in [-0.2, -0.15) is 0 Å². The van der Waals surface area contributed by atoms with Gasteiger partial charge < -0.3 is 33.0 Å². The van der Waals surface area contributed by atoms with Gasteiger partial charge >= 0.3 is 0 Å². The van der Waals surface area contributed by atoms with Crippen molar-refractivity contribution in [1.29, 1.82) is 0 Å². The average Bonchev–Trinajstić information content (AvgIpc) is 3.14. The largest absolute Gasteiger partial charge is 0.494 e. The van der Waals surface area contributed by atoms with Crippen LogP contribution in [0.4, 0.5) is 0 Å². The summed E-state index contributed by atoms with van der Waals surface area (Å²) in [5.41, 5.74) is 2.00. The van der Waals surface area contributed by atoms with Crippen molar-refractivity contribution in [1.82, 2.24) is 4.57 Å². The zero-order valence-electron chi connectivity index (χ0n) is 34.4. The van der Waals surface area contributed by atoms with Gasteiger partial charge in [0.1, 0.15) is 11.5 Å². The summed E-state index contributed by atoms with van der Waals surface area (Å²) in [7, 11) is 0. The third kappa shape index (κ3) is 13.4. The van der Waals surface area contributed by atoms with Crippen LogP contribution in [0.15, 0.2) is 29.1 Å². The molecule has 0 aliphatic rings. The summed E-state index contributed by atoms with van der Waals surface area (Å²) in [6.45, 7) is 17.2. The number of ether oxygens (including phenoxy) is 6. The molecule has 0 unspecified atom stereocenters. The SMILES string of the molecule is CCCCCCCCCCCCCCCCCCn1c(-c2cc(OCC)c(OCC)c(OCC)c2)c(OCC)c(=O)c2c(OCC)cc(OCC)cc21. The summed E-state index contributed by atoms with van der Waals surface area (Å²) in [6, 6.07) is 7.68. The van der Waals surface area contributed by atoms with Crippen LogP contribution in [0.3, 0.4) is 0 Å². The third-order valence-corrected chi connectivity index (χ3v) is 9.58. The highest BCUT2D eigenvalue weighted by Crippen LogP contribution is 2.45. The van der Waals surface area contributed by atoms with Crippen molar-refractivity contribution in [2.24, 2.45) is 0 Å². The fourth-order valence-corrected chi connectivity index (χ4v) is 7.14. The highest BCUT2D eigenvalue weighted by molar-refractivity contribution is 5.92. The van der Waals surface area contributed by atoms with E-state index in [0.717, 1.165) is 23.9 Å². The summed E-state index contributed by atoms with van der Waals surface area (Å²) in [5.74, 6) is 3.15. The van der Waals surface area contributed by atoms with E-state index in [1.807, 2.05) is 65.8 Å². The monoisotopic (exact) mass is 738 g/mol. The zero-order valence-corrected chi connectivity index (χ0v) is 34.4. The molecule has 2 aromatic carbocycles. The molecule has 1 heterocycles. The first-order chi connectivity index (χ1) is 26.0. The van der Waals surface area contributed by atoms with Crippen LogP contribution in [0, 0.1) is 0 Å². The van der Waals surface area contributed by atoms with Crippen LogP contribution >= 0.6 is 0 Å². The second-order valence-electron chi connectivity index (χ2n) is 13.7. The van der Waals surface area contributed by atoms with Crippen LogP contribution in [0.2, 0.25) is 0 Å². The summed E-state index contributed by atoms with van der Waals surface area (Å²) in [5, 5.41) is 0.500. The first-order valence-corrected chi connectivity index (χ1v) is 21.2. The molecular formula is C45H71NO7. The minimum absolute atomic E-state index is 0.212. The van der Waals surface area contributed by atoms with Gasteiger partial charge in [0.25, 0.3) is 0 Å². The van der Waals surface area contributed by atoms with Crippen molar-refractivity contribution in [2.75, 3.05) is 39.6 Å². The Balaban J connectivity index is 1.91. The maximum atomic E-state index is 14.5. The van der Waals surface area contributed by atoms with Gasteiger partial charge in [0, 0.05) is 24.2 Å². The summed E-state index contributed by atoms with van der Waals surface area (Å²) in [4.78, 5) is 14.5. The van der Waals surface area contributed by atoms with Crippen molar-refractivity contribution in [2.45, 2.75) is 158 Å². The fraction of sp³-hybridized carbons (Fsp3) is 0.667. The molecule has 0 radical (unpaired) electrons. The van der Waals surface area contributed by atoms with E-state index in [4.69, 9.17) is 28.4 Å². The van der Waals surface area contributed by atoms with Crippen LogP contribution in [0.1, 0.15) is 151 Å². The van der Waals surface area contributed by atoms with Gasteiger partial charge in [0.15, 0.2) is 17.2 Å². The van der Waals surface area contributed by atoms with Gasteiger partial charge in [-0.25, -0.2) is 0 Å². The number of unbranched alkanes of at least 4 members (excludes halogenated alkanes) is 15. The molecule has 0 bridgehead atoms. The third-order valence-electron chi connectivity index (χ3n) is 9.58. The lowest BCUT2D eigenvalue weighted by atomic mass is 10.0. The van der Waals surface area contributed by atoms with E-state index >= 15 is 0 Å². The van der Waals surface area contributed by atoms with Crippen LogP contribution in [-0.4, -0.2) is 44.2 Å². The quantitative estimate of drug-likeness (QED) is 0.0630. The van der Waals surface area contributed by atoms with E-state index in [0.29, 0.717) is 86.0 Å². The minimum atomic E-state index is -0.212. The molecule has 0 N–H and O–H groups in total. The number of nitrogens with zero attached hydrogens (tertiary/aromatic N) is 1. The number of aryl methyl sites for hydroxylation is 1. The maximum absolute atomic E-state index is 14.5. The predicted octanol–water partition coefficient (Wildman–Crippen LogP) is 12.3. The Bertz CT molecular complexity index is 1500. The van der Waals surface area contributed by atoms with Gasteiger partial charge in [-0.05, 0) is 60.1 Å². The minimum Gasteiger partial charge on any atom is -0.494 e. The van der Waals surface area contributed by atoms with Gasteiger partial charge in [-0.1, -0.05) is 103 Å². The van der Waals surface area contributed by atoms with E-state index in [-0.39, 0.29) is 11.2 Å². The first-order valence-electron chi connectivity index (χ1n) is 21.2. The van der Waals surface area contributed by atoms with Crippen molar-refractivity contribution in [3.63, 3.8) is 0 Å². The van der Waals surface area contributed by atoms with Crippen molar-refractivity contribution >= 4 is 10.9 Å². The fourth-order valence-electron chi connectivity index (χ4n) is 7.14. The zero-order chi connectivity index (χ0) is 38.3. The Morgan fingerprint density at radius 2 is 0.887 bits per heavy atom. The average molecular weight is 738 g/mol. The summed E-state index contributed by atoms with van der Waals surface area (Å²) in [6.07, 6.45) is 20.9. The van der Waals surface area contributed by atoms with Crippen molar-refractivity contribution < 1.29 is 28.4 Å². The van der Waals surface area contributed by atoms with Crippen LogP contribution in [0.25, 0.3) is 22.2 Å². The second-order valence-corrected chi connectivity index (χ2v) is 13.7. The summed E-state index contributed by atoms with van der Waals surface area (Å²) >= 11 is 0. The normalized spacial score (nSPS) is 11.2. The Labute approximate surface area is 320 Å². The molecule has 0 aliphatic heterocycles. The van der Waals surface area contributed by atoms with E-state index in [1.54, 1.807) is 0 Å². The number of aromatic nitrogens is 1. The molecule has 8 heteroatoms. The van der Waals surface area contributed by atoms with Crippen LogP contribution in [0.5, 0.6) is 34.5 Å². The lowest BCUT2D eigenvalue weighted by Crippen LogP contribution is -2.18. The Morgan fingerprint density at radius 1 is 0.453 bits per heavy atom. The molecule has 0 saturated heterocycles. The number of rotatable bonds is 30. The molecule has 3 aromatic rings. The predicted molar refractivity (Wildman–Crippen MR) is 220 cm³/mol. The molecule has 0 aliphatic carbocycles. The molecule has 3 rings (SSSR count).